The van der Waals surface area contributed by atoms with Gasteiger partial charge in [0.05, 0.1) is 19.3 Å². The van der Waals surface area contributed by atoms with E-state index >= 15 is 0 Å². The fourth-order valence-corrected chi connectivity index (χ4v) is 2.43. The van der Waals surface area contributed by atoms with E-state index in [0.717, 1.165) is 5.56 Å². The molecule has 2 aromatic rings. The predicted octanol–water partition coefficient (Wildman–Crippen LogP) is 4.68. The Morgan fingerprint density at radius 2 is 1.96 bits per heavy atom. The van der Waals surface area contributed by atoms with E-state index in [9.17, 15) is 9.90 Å². The molecule has 126 valence electrons. The van der Waals surface area contributed by atoms with Gasteiger partial charge < -0.3 is 14.6 Å². The lowest BCUT2D eigenvalue weighted by atomic mass is 10.0. The van der Waals surface area contributed by atoms with Crippen LogP contribution in [0, 0.1) is 6.92 Å². The van der Waals surface area contributed by atoms with Gasteiger partial charge >= 0.3 is 5.97 Å². The number of carboxylic acid groups (broad SMARTS) is 1. The summed E-state index contributed by atoms with van der Waals surface area (Å²) in [6.07, 6.45) is 1.59. The summed E-state index contributed by atoms with van der Waals surface area (Å²) < 4.78 is 10.8. The van der Waals surface area contributed by atoms with Crippen LogP contribution in [-0.2, 0) is 4.79 Å². The lowest BCUT2D eigenvalue weighted by Crippen LogP contribution is -2.00. The van der Waals surface area contributed by atoms with Crippen LogP contribution in [0.5, 0.6) is 11.5 Å². The van der Waals surface area contributed by atoms with E-state index in [-0.39, 0.29) is 5.57 Å². The van der Waals surface area contributed by atoms with Crippen molar-refractivity contribution in [3.05, 3.63) is 58.1 Å². The Kier molecular flexibility index (Phi) is 5.88. The monoisotopic (exact) mass is 346 g/mol. The lowest BCUT2D eigenvalue weighted by molar-refractivity contribution is -0.130. The van der Waals surface area contributed by atoms with Crippen molar-refractivity contribution in [2.24, 2.45) is 0 Å². The van der Waals surface area contributed by atoms with E-state index in [4.69, 9.17) is 21.1 Å². The Morgan fingerprint density at radius 1 is 1.21 bits per heavy atom. The quantitative estimate of drug-likeness (QED) is 0.609. The van der Waals surface area contributed by atoms with E-state index in [1.54, 1.807) is 49.6 Å². The minimum atomic E-state index is -1.02. The number of methoxy groups -OCH3 is 1. The lowest BCUT2D eigenvalue weighted by Gasteiger charge is -2.10. The molecule has 2 rings (SSSR count). The third-order valence-electron chi connectivity index (χ3n) is 3.51. The van der Waals surface area contributed by atoms with Gasteiger partial charge in [-0.05, 0) is 54.8 Å². The molecule has 0 saturated carbocycles. The van der Waals surface area contributed by atoms with Crippen LogP contribution in [0.3, 0.4) is 0 Å². The van der Waals surface area contributed by atoms with E-state index in [1.807, 2.05) is 13.8 Å². The number of halogens is 1. The molecule has 0 spiro atoms. The molecule has 0 radical (unpaired) electrons. The molecule has 0 aliphatic carbocycles. The molecule has 0 fully saturated rings. The van der Waals surface area contributed by atoms with Crippen LogP contribution in [0.4, 0.5) is 0 Å². The number of rotatable bonds is 6. The average Bonchev–Trinajstić information content (AvgIpc) is 2.55. The average molecular weight is 347 g/mol. The fourth-order valence-electron chi connectivity index (χ4n) is 2.25. The maximum Gasteiger partial charge on any atom is 0.336 e. The molecule has 0 atom stereocenters. The molecule has 1 N–H and O–H groups in total. The van der Waals surface area contributed by atoms with Crippen molar-refractivity contribution in [3.8, 4) is 11.5 Å². The summed E-state index contributed by atoms with van der Waals surface area (Å²) in [5, 5.41) is 10.1. The summed E-state index contributed by atoms with van der Waals surface area (Å²) in [6, 6.07) is 10.5. The first-order chi connectivity index (χ1) is 11.5. The number of benzene rings is 2. The van der Waals surface area contributed by atoms with Crippen molar-refractivity contribution in [1.29, 1.82) is 0 Å². The Labute approximate surface area is 146 Å². The van der Waals surface area contributed by atoms with Gasteiger partial charge in [-0.2, -0.15) is 0 Å². The smallest absolute Gasteiger partial charge is 0.336 e. The van der Waals surface area contributed by atoms with Crippen LogP contribution in [0.2, 0.25) is 5.02 Å². The van der Waals surface area contributed by atoms with Gasteiger partial charge in [-0.3, -0.25) is 0 Å². The molecule has 5 heteroatoms. The number of carbonyl (C=O) groups is 1. The topological polar surface area (TPSA) is 55.8 Å². The number of hydrogen-bond donors (Lipinski definition) is 1. The van der Waals surface area contributed by atoms with Crippen molar-refractivity contribution < 1.29 is 19.4 Å². The Balaban J connectivity index is 2.49. The highest BCUT2D eigenvalue weighted by atomic mass is 35.5. The maximum absolute atomic E-state index is 11.7. The number of hydrogen-bond acceptors (Lipinski definition) is 3. The van der Waals surface area contributed by atoms with Gasteiger partial charge in [-0.25, -0.2) is 4.79 Å². The van der Waals surface area contributed by atoms with Gasteiger partial charge in [0.2, 0.25) is 0 Å². The third-order valence-corrected chi connectivity index (χ3v) is 3.92. The Morgan fingerprint density at radius 3 is 2.54 bits per heavy atom. The van der Waals surface area contributed by atoms with Crippen molar-refractivity contribution in [3.63, 3.8) is 0 Å². The summed E-state index contributed by atoms with van der Waals surface area (Å²) in [4.78, 5) is 11.7. The molecule has 0 bridgehead atoms. The first-order valence-corrected chi connectivity index (χ1v) is 7.86. The summed E-state index contributed by atoms with van der Waals surface area (Å²) >= 11 is 6.11. The molecule has 0 unspecified atom stereocenters. The number of aryl methyl sites for hydroxylation is 1. The van der Waals surface area contributed by atoms with Crippen LogP contribution >= 0.6 is 11.6 Å². The second kappa shape index (κ2) is 7.88. The van der Waals surface area contributed by atoms with Crippen LogP contribution in [0.25, 0.3) is 11.6 Å². The van der Waals surface area contributed by atoms with Gasteiger partial charge in [0.1, 0.15) is 0 Å². The molecular formula is C19H19ClO4. The minimum Gasteiger partial charge on any atom is -0.493 e. The van der Waals surface area contributed by atoms with E-state index in [0.29, 0.717) is 34.3 Å². The highest BCUT2D eigenvalue weighted by Gasteiger charge is 2.13. The van der Waals surface area contributed by atoms with E-state index in [1.165, 1.54) is 0 Å². The van der Waals surface area contributed by atoms with Crippen LogP contribution in [0.15, 0.2) is 36.4 Å². The van der Waals surface area contributed by atoms with Crippen molar-refractivity contribution in [2.75, 3.05) is 13.7 Å². The predicted molar refractivity (Wildman–Crippen MR) is 95.9 cm³/mol. The number of ether oxygens (including phenoxy) is 2. The van der Waals surface area contributed by atoms with Crippen LogP contribution in [0.1, 0.15) is 23.6 Å². The molecule has 0 aliphatic heterocycles. The number of aliphatic carboxylic acids is 1. The van der Waals surface area contributed by atoms with Crippen molar-refractivity contribution >= 4 is 29.2 Å². The molecule has 0 aliphatic rings. The van der Waals surface area contributed by atoms with Gasteiger partial charge in [0.15, 0.2) is 11.5 Å². The third kappa shape index (κ3) is 4.09. The van der Waals surface area contributed by atoms with Gasteiger partial charge in [-0.15, -0.1) is 0 Å². The largest absolute Gasteiger partial charge is 0.493 e. The molecule has 0 saturated heterocycles. The highest BCUT2D eigenvalue weighted by Crippen LogP contribution is 2.30. The summed E-state index contributed by atoms with van der Waals surface area (Å²) in [5.41, 5.74) is 2.30. The minimum absolute atomic E-state index is 0.157. The van der Waals surface area contributed by atoms with E-state index < -0.39 is 5.97 Å². The molecule has 0 amide bonds. The molecule has 0 aromatic heterocycles. The second-order valence-corrected chi connectivity index (χ2v) is 5.58. The first kappa shape index (κ1) is 17.9. The standard InChI is InChI=1S/C19H19ClO4/c1-4-24-18-10-13(6-8-17(18)23-3)9-15(19(21)22)14-7-5-12(2)16(20)11-14/h5-11H,4H2,1-3H3,(H,21,22)/b15-9-. The zero-order valence-corrected chi connectivity index (χ0v) is 14.6. The SMILES string of the molecule is CCOc1cc(/C=C(\C(=O)O)c2ccc(C)c(Cl)c2)ccc1OC. The van der Waals surface area contributed by atoms with Crippen LogP contribution < -0.4 is 9.47 Å². The Bertz CT molecular complexity index is 781. The zero-order valence-electron chi connectivity index (χ0n) is 13.8. The summed E-state index contributed by atoms with van der Waals surface area (Å²) in [6.45, 7) is 4.23. The molecule has 4 nitrogen and oxygen atoms in total. The van der Waals surface area contributed by atoms with E-state index in [2.05, 4.69) is 0 Å². The fraction of sp³-hybridized carbons (Fsp3) is 0.211. The van der Waals surface area contributed by atoms with Crippen molar-refractivity contribution in [1.82, 2.24) is 0 Å². The summed E-state index contributed by atoms with van der Waals surface area (Å²) in [7, 11) is 1.56. The molecule has 0 heterocycles. The first-order valence-electron chi connectivity index (χ1n) is 7.48. The Hall–Kier alpha value is -2.46. The highest BCUT2D eigenvalue weighted by molar-refractivity contribution is 6.32. The van der Waals surface area contributed by atoms with Crippen molar-refractivity contribution in [2.45, 2.75) is 13.8 Å². The summed E-state index contributed by atoms with van der Waals surface area (Å²) in [5.74, 6) is 0.147. The molecule has 2 aromatic carbocycles. The van der Waals surface area contributed by atoms with Gasteiger partial charge in [0, 0.05) is 5.02 Å². The number of carboxylic acids is 1. The van der Waals surface area contributed by atoms with Crippen LogP contribution in [-0.4, -0.2) is 24.8 Å². The molecule has 24 heavy (non-hydrogen) atoms. The zero-order chi connectivity index (χ0) is 17.7. The molecular weight excluding hydrogens is 328 g/mol. The maximum atomic E-state index is 11.7. The normalized spacial score (nSPS) is 11.2. The van der Waals surface area contributed by atoms with Gasteiger partial charge in [-0.1, -0.05) is 29.8 Å². The van der Waals surface area contributed by atoms with Gasteiger partial charge in [0.25, 0.3) is 0 Å². The second-order valence-electron chi connectivity index (χ2n) is 5.17.